The van der Waals surface area contributed by atoms with Crippen molar-refractivity contribution in [1.29, 1.82) is 0 Å². The van der Waals surface area contributed by atoms with Crippen LogP contribution in [0, 0.1) is 0 Å². The smallest absolute Gasteiger partial charge is 0.220 e. The number of rotatable bonds is 39. The lowest BCUT2D eigenvalue weighted by molar-refractivity contribution is -0.123. The number of hydrogen-bond donors (Lipinski definition) is 3. The molecule has 4 nitrogen and oxygen atoms in total. The molecule has 316 valence electrons. The van der Waals surface area contributed by atoms with E-state index in [0.29, 0.717) is 6.42 Å². The fourth-order valence-corrected chi connectivity index (χ4v) is 5.99. The molecule has 0 aromatic rings. The summed E-state index contributed by atoms with van der Waals surface area (Å²) in [5, 5.41) is 22.9. The Hall–Kier alpha value is -3.21. The Balaban J connectivity index is 3.66. The lowest BCUT2D eigenvalue weighted by Crippen LogP contribution is -2.45. The van der Waals surface area contributed by atoms with Crippen molar-refractivity contribution in [2.45, 2.75) is 193 Å². The monoisotopic (exact) mass is 772 g/mol. The molecule has 0 aliphatic carbocycles. The van der Waals surface area contributed by atoms with Crippen LogP contribution in [0.4, 0.5) is 0 Å². The predicted molar refractivity (Wildman–Crippen MR) is 248 cm³/mol. The second-order valence-corrected chi connectivity index (χ2v) is 14.7. The van der Waals surface area contributed by atoms with Crippen LogP contribution in [0.1, 0.15) is 181 Å². The highest BCUT2D eigenvalue weighted by Crippen LogP contribution is 2.12. The van der Waals surface area contributed by atoms with Crippen molar-refractivity contribution in [1.82, 2.24) is 5.32 Å². The number of aliphatic hydroxyl groups is 2. The van der Waals surface area contributed by atoms with Gasteiger partial charge < -0.3 is 15.5 Å². The van der Waals surface area contributed by atoms with Gasteiger partial charge in [-0.3, -0.25) is 4.79 Å². The average molecular weight is 772 g/mol. The normalized spacial score (nSPS) is 14.1. The summed E-state index contributed by atoms with van der Waals surface area (Å²) >= 11 is 0. The highest BCUT2D eigenvalue weighted by molar-refractivity contribution is 5.76. The number of carbonyl (C=O) groups excluding carboxylic acids is 1. The molecule has 0 heterocycles. The van der Waals surface area contributed by atoms with Crippen molar-refractivity contribution in [2.24, 2.45) is 0 Å². The Kier molecular flexibility index (Phi) is 43.5. The standard InChI is InChI=1S/C52H85NO3/c1-3-5-7-9-11-13-14-15-16-17-18-19-20-21-22-23-24-25-26-27-28-29-30-31-32-33-34-35-36-37-38-40-42-44-46-48-52(56)53-50(49-54)51(55)47-45-43-41-39-12-10-8-6-4-2/h5,7,11,13,15-16,18-19,21-22,24-25,27-28,30-31,33-34,45,47,50-51,54-55H,3-4,6,8-10,12,14,17,20,23,26,29,32,35-44,46,48-49H2,1-2H3,(H,53,56)/b7-5-,13-11-,16-15-,19-18-,22-21-,25-24-,28-27-,31-30-,34-33-,47-45+. The molecule has 4 heteroatoms. The second-order valence-electron chi connectivity index (χ2n) is 14.7. The van der Waals surface area contributed by atoms with Crippen LogP contribution in [0.5, 0.6) is 0 Å². The molecule has 0 saturated heterocycles. The highest BCUT2D eigenvalue weighted by Gasteiger charge is 2.17. The topological polar surface area (TPSA) is 69.6 Å². The van der Waals surface area contributed by atoms with Gasteiger partial charge >= 0.3 is 0 Å². The molecule has 2 unspecified atom stereocenters. The van der Waals surface area contributed by atoms with Gasteiger partial charge in [-0.1, -0.05) is 206 Å². The van der Waals surface area contributed by atoms with Gasteiger partial charge in [-0.15, -0.1) is 0 Å². The first-order chi connectivity index (χ1) is 27.7. The van der Waals surface area contributed by atoms with Gasteiger partial charge in [0.25, 0.3) is 0 Å². The molecule has 0 aliphatic rings. The molecule has 0 aromatic carbocycles. The molecule has 0 radical (unpaired) electrons. The molecule has 0 fully saturated rings. The van der Waals surface area contributed by atoms with E-state index in [1.54, 1.807) is 6.08 Å². The number of carbonyl (C=O) groups is 1. The van der Waals surface area contributed by atoms with Crippen molar-refractivity contribution in [3.8, 4) is 0 Å². The zero-order valence-electron chi connectivity index (χ0n) is 36.1. The Morgan fingerprint density at radius 1 is 0.446 bits per heavy atom. The summed E-state index contributed by atoms with van der Waals surface area (Å²) in [5.74, 6) is -0.0847. The molecular weight excluding hydrogens is 687 g/mol. The van der Waals surface area contributed by atoms with Crippen LogP contribution in [-0.2, 0) is 4.79 Å². The van der Waals surface area contributed by atoms with E-state index in [1.165, 1.54) is 64.2 Å². The fourth-order valence-electron chi connectivity index (χ4n) is 5.99. The molecular formula is C52H85NO3. The van der Waals surface area contributed by atoms with Crippen molar-refractivity contribution in [2.75, 3.05) is 6.61 Å². The molecule has 3 N–H and O–H groups in total. The molecule has 0 rings (SSSR count). The van der Waals surface area contributed by atoms with E-state index in [-0.39, 0.29) is 12.5 Å². The lowest BCUT2D eigenvalue weighted by Gasteiger charge is -2.20. The van der Waals surface area contributed by atoms with E-state index in [4.69, 9.17) is 0 Å². The van der Waals surface area contributed by atoms with E-state index in [0.717, 1.165) is 96.3 Å². The number of unbranched alkanes of at least 4 members (excludes halogenated alkanes) is 14. The summed E-state index contributed by atoms with van der Waals surface area (Å²) in [6.07, 6.45) is 71.7. The molecule has 1 amide bonds. The minimum atomic E-state index is -0.849. The summed E-state index contributed by atoms with van der Waals surface area (Å²) in [7, 11) is 0. The van der Waals surface area contributed by atoms with Gasteiger partial charge in [0.05, 0.1) is 18.8 Å². The molecule has 0 aliphatic heterocycles. The first kappa shape index (κ1) is 52.8. The summed E-state index contributed by atoms with van der Waals surface area (Å²) in [5.41, 5.74) is 0. The molecule has 0 saturated carbocycles. The summed E-state index contributed by atoms with van der Waals surface area (Å²) < 4.78 is 0. The molecule has 2 atom stereocenters. The van der Waals surface area contributed by atoms with Gasteiger partial charge in [-0.05, 0) is 89.9 Å². The van der Waals surface area contributed by atoms with Gasteiger partial charge in [0.2, 0.25) is 5.91 Å². The zero-order valence-corrected chi connectivity index (χ0v) is 36.1. The van der Waals surface area contributed by atoms with Crippen LogP contribution < -0.4 is 5.32 Å². The molecule has 0 spiro atoms. The van der Waals surface area contributed by atoms with Crippen LogP contribution in [0.15, 0.2) is 122 Å². The zero-order chi connectivity index (χ0) is 40.7. The lowest BCUT2D eigenvalue weighted by atomic mass is 10.1. The molecule has 0 bridgehead atoms. The average Bonchev–Trinajstić information content (AvgIpc) is 3.20. The summed E-state index contributed by atoms with van der Waals surface area (Å²) in [6, 6.07) is -0.634. The van der Waals surface area contributed by atoms with Crippen LogP contribution in [0.3, 0.4) is 0 Å². The minimum absolute atomic E-state index is 0.0847. The van der Waals surface area contributed by atoms with Crippen LogP contribution in [0.2, 0.25) is 0 Å². The van der Waals surface area contributed by atoms with Crippen molar-refractivity contribution in [3.63, 3.8) is 0 Å². The van der Waals surface area contributed by atoms with Gasteiger partial charge in [0.1, 0.15) is 0 Å². The number of hydrogen-bond acceptors (Lipinski definition) is 3. The van der Waals surface area contributed by atoms with Crippen LogP contribution in [-0.4, -0.2) is 34.9 Å². The summed E-state index contributed by atoms with van der Waals surface area (Å²) in [4.78, 5) is 12.3. The quantitative estimate of drug-likeness (QED) is 0.0430. The SMILES string of the molecule is CC/C=C\C/C=C\C/C=C\C/C=C\C/C=C\C/C=C\C/C=C\C/C=C\C/C=C\CCCCCCCCCC(=O)NC(CO)C(O)/C=C/CCCCCCCCC. The number of amides is 1. The van der Waals surface area contributed by atoms with Gasteiger partial charge in [0.15, 0.2) is 0 Å². The maximum absolute atomic E-state index is 12.3. The second kappa shape index (κ2) is 46.2. The Bertz CT molecular complexity index is 1150. The minimum Gasteiger partial charge on any atom is -0.394 e. The number of nitrogens with one attached hydrogen (secondary N) is 1. The first-order valence-corrected chi connectivity index (χ1v) is 22.7. The Morgan fingerprint density at radius 3 is 1.18 bits per heavy atom. The maximum Gasteiger partial charge on any atom is 0.220 e. The van der Waals surface area contributed by atoms with E-state index in [1.807, 2.05) is 6.08 Å². The maximum atomic E-state index is 12.3. The predicted octanol–water partition coefficient (Wildman–Crippen LogP) is 14.6. The van der Waals surface area contributed by atoms with Crippen molar-refractivity contribution in [3.05, 3.63) is 122 Å². The third-order valence-electron chi connectivity index (χ3n) is 9.45. The van der Waals surface area contributed by atoms with E-state index < -0.39 is 12.1 Å². The van der Waals surface area contributed by atoms with E-state index in [2.05, 4.69) is 129 Å². The van der Waals surface area contributed by atoms with Crippen molar-refractivity contribution >= 4 is 5.91 Å². The van der Waals surface area contributed by atoms with Gasteiger partial charge in [-0.2, -0.15) is 0 Å². The largest absolute Gasteiger partial charge is 0.394 e. The number of aliphatic hydroxyl groups excluding tert-OH is 2. The highest BCUT2D eigenvalue weighted by atomic mass is 16.3. The summed E-state index contributed by atoms with van der Waals surface area (Å²) in [6.45, 7) is 4.14. The van der Waals surface area contributed by atoms with E-state index >= 15 is 0 Å². The molecule has 56 heavy (non-hydrogen) atoms. The first-order valence-electron chi connectivity index (χ1n) is 22.7. The van der Waals surface area contributed by atoms with Crippen molar-refractivity contribution < 1.29 is 15.0 Å². The van der Waals surface area contributed by atoms with Crippen LogP contribution in [0.25, 0.3) is 0 Å². The number of allylic oxidation sites excluding steroid dienone is 19. The Morgan fingerprint density at radius 2 is 0.786 bits per heavy atom. The fraction of sp³-hybridized carbons (Fsp3) is 0.596. The van der Waals surface area contributed by atoms with Gasteiger partial charge in [-0.25, -0.2) is 0 Å². The third kappa shape index (κ3) is 41.9. The molecule has 0 aromatic heterocycles. The van der Waals surface area contributed by atoms with E-state index in [9.17, 15) is 15.0 Å². The third-order valence-corrected chi connectivity index (χ3v) is 9.45. The Labute approximate surface area is 346 Å². The van der Waals surface area contributed by atoms with Crippen LogP contribution >= 0.6 is 0 Å². The van der Waals surface area contributed by atoms with Gasteiger partial charge in [0, 0.05) is 6.42 Å².